The number of carbonyl (C=O) groups is 2. The van der Waals surface area contributed by atoms with Gasteiger partial charge in [-0.25, -0.2) is 4.79 Å². The molecule has 7 heteroatoms. The van der Waals surface area contributed by atoms with Crippen molar-refractivity contribution in [2.75, 3.05) is 13.1 Å². The molecule has 0 aliphatic carbocycles. The Kier molecular flexibility index (Phi) is 3.31. The zero-order valence-electron chi connectivity index (χ0n) is 11.2. The highest BCUT2D eigenvalue weighted by atomic mass is 16.5. The van der Waals surface area contributed by atoms with E-state index in [1.165, 1.54) is 11.2 Å². The van der Waals surface area contributed by atoms with Crippen LogP contribution in [0.25, 0.3) is 0 Å². The van der Waals surface area contributed by atoms with Gasteiger partial charge in [0, 0.05) is 19.6 Å². The maximum absolute atomic E-state index is 12.1. The molecule has 1 aromatic carbocycles. The molecule has 2 aliphatic rings. The SMILES string of the molecule is NC(=O)C1=COC2=NC(=O)N(Cc3ccccc3)CCN12. The van der Waals surface area contributed by atoms with Crippen molar-refractivity contribution in [1.29, 1.82) is 0 Å². The number of fused-ring (bicyclic) bond motifs is 1. The summed E-state index contributed by atoms with van der Waals surface area (Å²) < 4.78 is 5.15. The van der Waals surface area contributed by atoms with Crippen molar-refractivity contribution >= 4 is 18.0 Å². The molecule has 0 radical (unpaired) electrons. The summed E-state index contributed by atoms with van der Waals surface area (Å²) in [5.41, 5.74) is 6.49. The van der Waals surface area contributed by atoms with Gasteiger partial charge in [0.1, 0.15) is 12.0 Å². The number of ether oxygens (including phenoxy) is 1. The Morgan fingerprint density at radius 2 is 2.05 bits per heavy atom. The van der Waals surface area contributed by atoms with E-state index in [1.54, 1.807) is 4.90 Å². The average molecular weight is 286 g/mol. The number of nitrogens with zero attached hydrogens (tertiary/aromatic N) is 3. The summed E-state index contributed by atoms with van der Waals surface area (Å²) in [6, 6.07) is 9.34. The third kappa shape index (κ3) is 2.58. The van der Waals surface area contributed by atoms with E-state index in [2.05, 4.69) is 4.99 Å². The summed E-state index contributed by atoms with van der Waals surface area (Å²) in [6.07, 6.45) is 1.22. The van der Waals surface area contributed by atoms with Gasteiger partial charge in [-0.3, -0.25) is 9.69 Å². The second-order valence-corrected chi connectivity index (χ2v) is 4.72. The lowest BCUT2D eigenvalue weighted by Crippen LogP contribution is -2.36. The fourth-order valence-electron chi connectivity index (χ4n) is 2.25. The average Bonchev–Trinajstić information content (AvgIpc) is 2.81. The summed E-state index contributed by atoms with van der Waals surface area (Å²) in [7, 11) is 0. The van der Waals surface area contributed by atoms with Gasteiger partial charge in [0.2, 0.25) is 0 Å². The van der Waals surface area contributed by atoms with Crippen LogP contribution in [0.5, 0.6) is 0 Å². The molecule has 0 unspecified atom stereocenters. The molecule has 0 spiro atoms. The predicted octanol–water partition coefficient (Wildman–Crippen LogP) is 0.637. The Morgan fingerprint density at radius 3 is 2.76 bits per heavy atom. The van der Waals surface area contributed by atoms with Gasteiger partial charge < -0.3 is 15.4 Å². The molecule has 21 heavy (non-hydrogen) atoms. The van der Waals surface area contributed by atoms with E-state index in [-0.39, 0.29) is 11.7 Å². The van der Waals surface area contributed by atoms with E-state index >= 15 is 0 Å². The number of urea groups is 1. The molecule has 3 amide bonds. The fourth-order valence-corrected chi connectivity index (χ4v) is 2.25. The van der Waals surface area contributed by atoms with Crippen LogP contribution >= 0.6 is 0 Å². The Hall–Kier alpha value is -2.83. The quantitative estimate of drug-likeness (QED) is 0.883. The molecule has 0 saturated carbocycles. The first-order valence-electron chi connectivity index (χ1n) is 6.51. The molecule has 1 aromatic rings. The standard InChI is InChI=1S/C14H14N4O3/c15-12(19)11-9-21-14-16-13(20)17(6-7-18(11)14)8-10-4-2-1-3-5-10/h1-5,9H,6-8H2,(H2,15,19). The smallest absolute Gasteiger partial charge is 0.348 e. The zero-order valence-corrected chi connectivity index (χ0v) is 11.2. The molecular formula is C14H14N4O3. The lowest BCUT2D eigenvalue weighted by Gasteiger charge is -2.20. The number of rotatable bonds is 3. The predicted molar refractivity (Wildman–Crippen MR) is 74.8 cm³/mol. The van der Waals surface area contributed by atoms with Crippen molar-refractivity contribution < 1.29 is 14.3 Å². The first-order chi connectivity index (χ1) is 10.1. The highest BCUT2D eigenvalue weighted by molar-refractivity contribution is 6.01. The normalized spacial score (nSPS) is 17.6. The van der Waals surface area contributed by atoms with E-state index in [9.17, 15) is 9.59 Å². The maximum Gasteiger partial charge on any atom is 0.348 e. The first kappa shape index (κ1) is 13.2. The number of benzene rings is 1. The minimum atomic E-state index is -0.607. The lowest BCUT2D eigenvalue weighted by molar-refractivity contribution is -0.115. The maximum atomic E-state index is 12.1. The largest absolute Gasteiger partial charge is 0.431 e. The fraction of sp³-hybridized carbons (Fsp3) is 0.214. The lowest BCUT2D eigenvalue weighted by atomic mass is 10.2. The molecule has 0 saturated heterocycles. The van der Waals surface area contributed by atoms with Crippen LogP contribution in [0.15, 0.2) is 47.3 Å². The second-order valence-electron chi connectivity index (χ2n) is 4.72. The number of amidine groups is 1. The first-order valence-corrected chi connectivity index (χ1v) is 6.51. The van der Waals surface area contributed by atoms with Gasteiger partial charge in [-0.15, -0.1) is 4.99 Å². The van der Waals surface area contributed by atoms with Gasteiger partial charge in [-0.05, 0) is 5.56 Å². The van der Waals surface area contributed by atoms with Gasteiger partial charge in [0.25, 0.3) is 5.91 Å². The molecule has 7 nitrogen and oxygen atoms in total. The molecule has 0 fully saturated rings. The van der Waals surface area contributed by atoms with Gasteiger partial charge in [-0.1, -0.05) is 30.3 Å². The van der Waals surface area contributed by atoms with Gasteiger partial charge in [0.15, 0.2) is 0 Å². The van der Waals surface area contributed by atoms with Gasteiger partial charge in [0.05, 0.1) is 0 Å². The molecule has 0 aromatic heterocycles. The number of amides is 3. The Balaban J connectivity index is 1.77. The molecule has 3 rings (SSSR count). The third-order valence-corrected chi connectivity index (χ3v) is 3.32. The molecule has 2 aliphatic heterocycles. The number of primary amides is 1. The molecule has 2 heterocycles. The van der Waals surface area contributed by atoms with Crippen LogP contribution in [-0.4, -0.2) is 40.8 Å². The van der Waals surface area contributed by atoms with Crippen LogP contribution < -0.4 is 5.73 Å². The van der Waals surface area contributed by atoms with Crippen LogP contribution in [0.4, 0.5) is 4.79 Å². The minimum absolute atomic E-state index is 0.101. The van der Waals surface area contributed by atoms with Crippen LogP contribution in [-0.2, 0) is 16.1 Å². The monoisotopic (exact) mass is 286 g/mol. The molecule has 108 valence electrons. The van der Waals surface area contributed by atoms with Crippen LogP contribution in [0, 0.1) is 0 Å². The highest BCUT2D eigenvalue weighted by Gasteiger charge is 2.32. The number of hydrogen-bond donors (Lipinski definition) is 1. The van der Waals surface area contributed by atoms with E-state index < -0.39 is 11.9 Å². The molecule has 2 N–H and O–H groups in total. The van der Waals surface area contributed by atoms with Crippen molar-refractivity contribution in [3.8, 4) is 0 Å². The van der Waals surface area contributed by atoms with Crippen molar-refractivity contribution in [2.45, 2.75) is 6.54 Å². The zero-order chi connectivity index (χ0) is 14.8. The number of nitrogens with two attached hydrogens (primary N) is 1. The topological polar surface area (TPSA) is 88.2 Å². The van der Waals surface area contributed by atoms with Gasteiger partial charge in [-0.2, -0.15) is 0 Å². The van der Waals surface area contributed by atoms with E-state index in [4.69, 9.17) is 10.5 Å². The molecular weight excluding hydrogens is 272 g/mol. The summed E-state index contributed by atoms with van der Waals surface area (Å²) >= 11 is 0. The number of hydrogen-bond acceptors (Lipinski definition) is 4. The Morgan fingerprint density at radius 1 is 1.29 bits per heavy atom. The summed E-state index contributed by atoms with van der Waals surface area (Å²) in [5.74, 6) is -0.607. The Bertz CT molecular complexity index is 639. The minimum Gasteiger partial charge on any atom is -0.431 e. The van der Waals surface area contributed by atoms with E-state index in [1.807, 2.05) is 30.3 Å². The number of aliphatic imine (C=N–C) groups is 1. The van der Waals surface area contributed by atoms with Gasteiger partial charge >= 0.3 is 12.1 Å². The summed E-state index contributed by atoms with van der Waals surface area (Å²) in [5, 5.41) is 0. The van der Waals surface area contributed by atoms with E-state index in [0.29, 0.717) is 19.6 Å². The van der Waals surface area contributed by atoms with Crippen LogP contribution in [0.1, 0.15) is 5.56 Å². The molecule has 0 bridgehead atoms. The van der Waals surface area contributed by atoms with Crippen LogP contribution in [0.3, 0.4) is 0 Å². The third-order valence-electron chi connectivity index (χ3n) is 3.32. The van der Waals surface area contributed by atoms with Crippen molar-refractivity contribution in [3.05, 3.63) is 47.9 Å². The van der Waals surface area contributed by atoms with E-state index in [0.717, 1.165) is 5.56 Å². The summed E-state index contributed by atoms with van der Waals surface area (Å²) in [4.78, 5) is 30.4. The molecule has 0 atom stereocenters. The summed E-state index contributed by atoms with van der Waals surface area (Å²) in [6.45, 7) is 1.29. The van der Waals surface area contributed by atoms with Crippen molar-refractivity contribution in [2.24, 2.45) is 10.7 Å². The van der Waals surface area contributed by atoms with Crippen LogP contribution in [0.2, 0.25) is 0 Å². The Labute approximate surface area is 121 Å². The number of carbonyl (C=O) groups excluding carboxylic acids is 2. The van der Waals surface area contributed by atoms with Crippen molar-refractivity contribution in [1.82, 2.24) is 9.80 Å². The second kappa shape index (κ2) is 5.28. The highest BCUT2D eigenvalue weighted by Crippen LogP contribution is 2.19. The van der Waals surface area contributed by atoms with Crippen molar-refractivity contribution in [3.63, 3.8) is 0 Å².